The second-order valence-electron chi connectivity index (χ2n) is 4.68. The summed E-state index contributed by atoms with van der Waals surface area (Å²) >= 11 is 6.86. The van der Waals surface area contributed by atoms with E-state index in [1.165, 1.54) is 6.07 Å². The Kier molecular flexibility index (Phi) is 4.22. The van der Waals surface area contributed by atoms with E-state index in [9.17, 15) is 9.59 Å². The Morgan fingerprint density at radius 2 is 2.00 bits per heavy atom. The highest BCUT2D eigenvalue weighted by atomic mass is 35.5. The number of rotatable bonds is 4. The molecule has 0 saturated heterocycles. The van der Waals surface area contributed by atoms with Gasteiger partial charge >= 0.3 is 0 Å². The topological polar surface area (TPSA) is 87.7 Å². The zero-order valence-electron chi connectivity index (χ0n) is 12.0. The monoisotopic (exact) mass is 346 g/mol. The number of aromatic nitrogens is 3. The van der Waals surface area contributed by atoms with E-state index in [1.54, 1.807) is 37.3 Å². The van der Waals surface area contributed by atoms with Gasteiger partial charge in [-0.2, -0.15) is 5.10 Å². The number of aromatic amines is 1. The van der Waals surface area contributed by atoms with E-state index in [1.807, 2.05) is 0 Å². The maximum atomic E-state index is 12.2. The van der Waals surface area contributed by atoms with Gasteiger partial charge in [-0.15, -0.1) is 11.3 Å². The standard InChI is InChI=1S/C15H11ClN4O2S/c1-8-17-14(20-19-8)9-4-2-3-5-10(9)18-15(22)13(21)11-6-7-12(16)23-11/h2-7H,1H3,(H,18,22)(H,17,19,20). The van der Waals surface area contributed by atoms with Crippen LogP contribution in [-0.2, 0) is 4.79 Å². The van der Waals surface area contributed by atoms with Gasteiger partial charge in [0, 0.05) is 5.56 Å². The molecule has 2 N–H and O–H groups in total. The minimum absolute atomic E-state index is 0.290. The number of anilines is 1. The molecule has 0 bridgehead atoms. The first kappa shape index (κ1) is 15.4. The van der Waals surface area contributed by atoms with Crippen LogP contribution in [0.5, 0.6) is 0 Å². The van der Waals surface area contributed by atoms with Crippen molar-refractivity contribution in [3.05, 3.63) is 51.4 Å². The van der Waals surface area contributed by atoms with Gasteiger partial charge in [0.15, 0.2) is 5.82 Å². The molecule has 0 aliphatic heterocycles. The van der Waals surface area contributed by atoms with E-state index < -0.39 is 11.7 Å². The summed E-state index contributed by atoms with van der Waals surface area (Å²) in [6.07, 6.45) is 0. The van der Waals surface area contributed by atoms with Crippen LogP contribution < -0.4 is 5.32 Å². The van der Waals surface area contributed by atoms with Crippen molar-refractivity contribution in [3.63, 3.8) is 0 Å². The number of nitrogens with zero attached hydrogens (tertiary/aromatic N) is 2. The Morgan fingerprint density at radius 3 is 2.65 bits per heavy atom. The third-order valence-corrected chi connectivity index (χ3v) is 4.25. The number of Topliss-reactive ketones (excluding diaryl/α,β-unsaturated/α-hetero) is 1. The first-order valence-corrected chi connectivity index (χ1v) is 7.83. The molecule has 0 saturated carbocycles. The molecule has 2 aromatic heterocycles. The van der Waals surface area contributed by atoms with Gasteiger partial charge in [0.2, 0.25) is 0 Å². The zero-order chi connectivity index (χ0) is 16.4. The van der Waals surface area contributed by atoms with Crippen LogP contribution >= 0.6 is 22.9 Å². The number of carbonyl (C=O) groups excluding carboxylic acids is 2. The predicted molar refractivity (Wildman–Crippen MR) is 88.8 cm³/mol. The molecular formula is C15H11ClN4O2S. The molecule has 0 aliphatic rings. The number of halogens is 1. The van der Waals surface area contributed by atoms with E-state index in [2.05, 4.69) is 20.5 Å². The van der Waals surface area contributed by atoms with Crippen LogP contribution in [0.1, 0.15) is 15.5 Å². The molecule has 23 heavy (non-hydrogen) atoms. The smallest absolute Gasteiger partial charge is 0.297 e. The number of benzene rings is 1. The number of nitrogens with one attached hydrogen (secondary N) is 2. The Bertz CT molecular complexity index is 887. The van der Waals surface area contributed by atoms with Crippen LogP contribution in [-0.4, -0.2) is 26.9 Å². The fourth-order valence-electron chi connectivity index (χ4n) is 1.98. The number of hydrogen-bond acceptors (Lipinski definition) is 5. The lowest BCUT2D eigenvalue weighted by Crippen LogP contribution is -2.22. The van der Waals surface area contributed by atoms with Crippen molar-refractivity contribution < 1.29 is 9.59 Å². The highest BCUT2D eigenvalue weighted by Gasteiger charge is 2.20. The van der Waals surface area contributed by atoms with Crippen molar-refractivity contribution >= 4 is 40.3 Å². The highest BCUT2D eigenvalue weighted by Crippen LogP contribution is 2.26. The summed E-state index contributed by atoms with van der Waals surface area (Å²) in [6.45, 7) is 1.78. The fraction of sp³-hybridized carbons (Fsp3) is 0.0667. The third kappa shape index (κ3) is 3.30. The normalized spacial score (nSPS) is 10.5. The number of H-pyrrole nitrogens is 1. The summed E-state index contributed by atoms with van der Waals surface area (Å²) in [6, 6.07) is 10.1. The van der Waals surface area contributed by atoms with Crippen LogP contribution in [0.25, 0.3) is 11.4 Å². The van der Waals surface area contributed by atoms with Gasteiger partial charge in [-0.25, -0.2) is 4.98 Å². The molecule has 0 spiro atoms. The molecule has 0 fully saturated rings. The lowest BCUT2D eigenvalue weighted by molar-refractivity contribution is -0.112. The SMILES string of the molecule is Cc1nc(-c2ccccc2NC(=O)C(=O)c2ccc(Cl)s2)n[nH]1. The minimum atomic E-state index is -0.733. The van der Waals surface area contributed by atoms with Gasteiger partial charge in [0.1, 0.15) is 5.82 Å². The number of hydrogen-bond donors (Lipinski definition) is 2. The number of ketones is 1. The first-order valence-electron chi connectivity index (χ1n) is 6.64. The van der Waals surface area contributed by atoms with Gasteiger partial charge in [-0.1, -0.05) is 23.7 Å². The molecule has 1 amide bonds. The number of carbonyl (C=O) groups is 2. The quantitative estimate of drug-likeness (QED) is 0.560. The van der Waals surface area contributed by atoms with Crippen molar-refractivity contribution in [1.29, 1.82) is 0 Å². The van der Waals surface area contributed by atoms with Crippen LogP contribution in [0.3, 0.4) is 0 Å². The van der Waals surface area contributed by atoms with Crippen molar-refractivity contribution in [2.45, 2.75) is 6.92 Å². The number of thiophene rings is 1. The maximum absolute atomic E-state index is 12.2. The van der Waals surface area contributed by atoms with Crippen LogP contribution in [0.15, 0.2) is 36.4 Å². The summed E-state index contributed by atoms with van der Waals surface area (Å²) in [5.41, 5.74) is 1.09. The first-order chi connectivity index (χ1) is 11.0. The van der Waals surface area contributed by atoms with E-state index in [0.717, 1.165) is 11.3 Å². The number of para-hydroxylation sites is 1. The predicted octanol–water partition coefficient (Wildman–Crippen LogP) is 3.32. The van der Waals surface area contributed by atoms with Crippen molar-refractivity contribution in [2.24, 2.45) is 0 Å². The largest absolute Gasteiger partial charge is 0.318 e. The number of amides is 1. The lowest BCUT2D eigenvalue weighted by Gasteiger charge is -2.07. The second kappa shape index (κ2) is 6.31. The van der Waals surface area contributed by atoms with Crippen LogP contribution in [0.4, 0.5) is 5.69 Å². The number of aryl methyl sites for hydroxylation is 1. The summed E-state index contributed by atoms with van der Waals surface area (Å²) in [5, 5.41) is 9.42. The average Bonchev–Trinajstić information content (AvgIpc) is 3.15. The van der Waals surface area contributed by atoms with Crippen molar-refractivity contribution in [1.82, 2.24) is 15.2 Å². The second-order valence-corrected chi connectivity index (χ2v) is 6.39. The van der Waals surface area contributed by atoms with E-state index in [4.69, 9.17) is 11.6 Å². The summed E-state index contributed by atoms with van der Waals surface area (Å²) in [5.74, 6) is -0.262. The molecule has 3 aromatic rings. The molecule has 116 valence electrons. The summed E-state index contributed by atoms with van der Waals surface area (Å²) in [7, 11) is 0. The molecule has 0 aliphatic carbocycles. The molecule has 0 unspecified atom stereocenters. The molecule has 6 nitrogen and oxygen atoms in total. The van der Waals surface area contributed by atoms with Gasteiger partial charge in [0.25, 0.3) is 11.7 Å². The van der Waals surface area contributed by atoms with E-state index in [0.29, 0.717) is 32.1 Å². The van der Waals surface area contributed by atoms with Crippen molar-refractivity contribution in [2.75, 3.05) is 5.32 Å². The summed E-state index contributed by atoms with van der Waals surface area (Å²) < 4.78 is 0.456. The van der Waals surface area contributed by atoms with E-state index >= 15 is 0 Å². The molecule has 0 radical (unpaired) electrons. The Balaban J connectivity index is 1.86. The third-order valence-electron chi connectivity index (χ3n) is 3.02. The molecule has 3 rings (SSSR count). The average molecular weight is 347 g/mol. The zero-order valence-corrected chi connectivity index (χ0v) is 13.5. The molecule has 2 heterocycles. The van der Waals surface area contributed by atoms with Gasteiger partial charge < -0.3 is 5.32 Å². The lowest BCUT2D eigenvalue weighted by atomic mass is 10.1. The van der Waals surface area contributed by atoms with Crippen LogP contribution in [0, 0.1) is 6.92 Å². The summed E-state index contributed by atoms with van der Waals surface area (Å²) in [4.78, 5) is 28.8. The Morgan fingerprint density at radius 1 is 1.22 bits per heavy atom. The van der Waals surface area contributed by atoms with Crippen molar-refractivity contribution in [3.8, 4) is 11.4 Å². The van der Waals surface area contributed by atoms with Crippen LogP contribution in [0.2, 0.25) is 4.34 Å². The highest BCUT2D eigenvalue weighted by molar-refractivity contribution is 7.18. The van der Waals surface area contributed by atoms with E-state index in [-0.39, 0.29) is 0 Å². The molecule has 1 aromatic carbocycles. The van der Waals surface area contributed by atoms with Gasteiger partial charge in [-0.05, 0) is 31.2 Å². The molecular weight excluding hydrogens is 336 g/mol. The Labute approximate surface area is 140 Å². The molecule has 8 heteroatoms. The Hall–Kier alpha value is -2.51. The maximum Gasteiger partial charge on any atom is 0.297 e. The minimum Gasteiger partial charge on any atom is -0.318 e. The fourth-order valence-corrected chi connectivity index (χ4v) is 2.96. The molecule has 0 atom stereocenters. The van der Waals surface area contributed by atoms with Gasteiger partial charge in [0.05, 0.1) is 14.9 Å². The van der Waals surface area contributed by atoms with Gasteiger partial charge in [-0.3, -0.25) is 14.7 Å².